The van der Waals surface area contributed by atoms with Crippen molar-refractivity contribution >= 4 is 22.6 Å². The van der Waals surface area contributed by atoms with Crippen LogP contribution in [0.4, 0.5) is 0 Å². The Balaban J connectivity index is 1.74. The topological polar surface area (TPSA) is 36.3 Å². The molecule has 4 nitrogen and oxygen atoms in total. The molecule has 3 heterocycles. The standard InChI is InChI=1S/C12H17IN2O2/c13-11-1-5-15(14-11)10-2-6-17-12(9-10)3-7-16-8-4-12/h1,5,10H,2-4,6-9H2. The van der Waals surface area contributed by atoms with E-state index in [1.54, 1.807) is 0 Å². The molecule has 0 bridgehead atoms. The van der Waals surface area contributed by atoms with Crippen LogP contribution in [0.25, 0.3) is 0 Å². The van der Waals surface area contributed by atoms with Gasteiger partial charge in [0.25, 0.3) is 0 Å². The van der Waals surface area contributed by atoms with Gasteiger partial charge in [-0.3, -0.25) is 4.68 Å². The third-order valence-corrected chi connectivity index (χ3v) is 4.40. The van der Waals surface area contributed by atoms with Gasteiger partial charge in [-0.2, -0.15) is 5.10 Å². The quantitative estimate of drug-likeness (QED) is 0.732. The van der Waals surface area contributed by atoms with E-state index in [1.165, 1.54) is 0 Å². The van der Waals surface area contributed by atoms with Gasteiger partial charge < -0.3 is 9.47 Å². The maximum absolute atomic E-state index is 6.04. The molecule has 0 aromatic carbocycles. The van der Waals surface area contributed by atoms with Crippen LogP contribution in [0.2, 0.25) is 0 Å². The first-order valence-electron chi connectivity index (χ1n) is 6.20. The van der Waals surface area contributed by atoms with Crippen LogP contribution in [0, 0.1) is 3.70 Å². The number of halogens is 1. The van der Waals surface area contributed by atoms with Crippen molar-refractivity contribution in [2.75, 3.05) is 19.8 Å². The summed E-state index contributed by atoms with van der Waals surface area (Å²) in [4.78, 5) is 0. The predicted molar refractivity (Wildman–Crippen MR) is 72.0 cm³/mol. The number of hydrogen-bond acceptors (Lipinski definition) is 3. The number of ether oxygens (including phenoxy) is 2. The van der Waals surface area contributed by atoms with Crippen molar-refractivity contribution in [2.24, 2.45) is 0 Å². The number of hydrogen-bond donors (Lipinski definition) is 0. The van der Waals surface area contributed by atoms with Gasteiger partial charge in [-0.1, -0.05) is 0 Å². The lowest BCUT2D eigenvalue weighted by Crippen LogP contribution is -2.44. The van der Waals surface area contributed by atoms with Crippen LogP contribution in [-0.2, 0) is 9.47 Å². The summed E-state index contributed by atoms with van der Waals surface area (Å²) in [6, 6.07) is 2.55. The van der Waals surface area contributed by atoms with Gasteiger partial charge in [-0.05, 0) is 54.3 Å². The lowest BCUT2D eigenvalue weighted by molar-refractivity contribution is -0.145. The van der Waals surface area contributed by atoms with Crippen molar-refractivity contribution in [1.29, 1.82) is 0 Å². The maximum atomic E-state index is 6.04. The second-order valence-electron chi connectivity index (χ2n) is 4.91. The summed E-state index contributed by atoms with van der Waals surface area (Å²) in [5.74, 6) is 0. The Morgan fingerprint density at radius 2 is 2.18 bits per heavy atom. The van der Waals surface area contributed by atoms with E-state index >= 15 is 0 Å². The second kappa shape index (κ2) is 4.85. The van der Waals surface area contributed by atoms with E-state index in [0.29, 0.717) is 6.04 Å². The zero-order chi connectivity index (χ0) is 11.7. The van der Waals surface area contributed by atoms with Crippen LogP contribution in [0.5, 0.6) is 0 Å². The van der Waals surface area contributed by atoms with Gasteiger partial charge in [0.1, 0.15) is 3.70 Å². The third kappa shape index (κ3) is 2.51. The van der Waals surface area contributed by atoms with Gasteiger partial charge in [0.15, 0.2) is 0 Å². The summed E-state index contributed by atoms with van der Waals surface area (Å²) in [5, 5.41) is 4.53. The third-order valence-electron chi connectivity index (χ3n) is 3.82. The van der Waals surface area contributed by atoms with Crippen molar-refractivity contribution < 1.29 is 9.47 Å². The lowest BCUT2D eigenvalue weighted by atomic mass is 9.84. The van der Waals surface area contributed by atoms with Crippen molar-refractivity contribution in [1.82, 2.24) is 9.78 Å². The molecule has 1 aromatic heterocycles. The fourth-order valence-corrected chi connectivity index (χ4v) is 3.25. The fraction of sp³-hybridized carbons (Fsp3) is 0.750. The first-order chi connectivity index (χ1) is 8.27. The van der Waals surface area contributed by atoms with Gasteiger partial charge in [-0.25, -0.2) is 0 Å². The molecule has 17 heavy (non-hydrogen) atoms. The fourth-order valence-electron chi connectivity index (χ4n) is 2.84. The number of aromatic nitrogens is 2. The Labute approximate surface area is 115 Å². The smallest absolute Gasteiger partial charge is 0.123 e. The minimum absolute atomic E-state index is 0.0541. The molecule has 0 amide bonds. The van der Waals surface area contributed by atoms with Crippen LogP contribution < -0.4 is 0 Å². The highest BCUT2D eigenvalue weighted by Gasteiger charge is 2.39. The zero-order valence-electron chi connectivity index (χ0n) is 9.77. The van der Waals surface area contributed by atoms with Crippen LogP contribution in [0.15, 0.2) is 12.3 Å². The lowest BCUT2D eigenvalue weighted by Gasteiger charge is -2.43. The van der Waals surface area contributed by atoms with E-state index in [9.17, 15) is 0 Å². The molecule has 0 N–H and O–H groups in total. The first kappa shape index (κ1) is 11.9. The Morgan fingerprint density at radius 1 is 1.35 bits per heavy atom. The van der Waals surface area contributed by atoms with E-state index in [-0.39, 0.29) is 5.60 Å². The summed E-state index contributed by atoms with van der Waals surface area (Å²) in [6.07, 6.45) is 6.29. The van der Waals surface area contributed by atoms with E-state index in [2.05, 4.69) is 44.6 Å². The molecule has 3 rings (SSSR count). The average molecular weight is 348 g/mol. The minimum atomic E-state index is 0.0541. The van der Waals surface area contributed by atoms with Crippen molar-refractivity contribution in [3.8, 4) is 0 Å². The normalized spacial score (nSPS) is 28.4. The molecule has 0 aliphatic carbocycles. The Kier molecular flexibility index (Phi) is 3.40. The molecular formula is C12H17IN2O2. The molecule has 94 valence electrons. The monoisotopic (exact) mass is 348 g/mol. The van der Waals surface area contributed by atoms with Crippen molar-refractivity contribution in [2.45, 2.75) is 37.3 Å². The van der Waals surface area contributed by atoms with Crippen molar-refractivity contribution in [3.05, 3.63) is 16.0 Å². The molecule has 1 atom stereocenters. The summed E-state index contributed by atoms with van der Waals surface area (Å²) >= 11 is 2.26. The van der Waals surface area contributed by atoms with E-state index < -0.39 is 0 Å². The summed E-state index contributed by atoms with van der Waals surface area (Å²) in [6.45, 7) is 2.52. The molecule has 1 unspecified atom stereocenters. The molecule has 5 heteroatoms. The molecule has 0 saturated carbocycles. The molecular weight excluding hydrogens is 331 g/mol. The Morgan fingerprint density at radius 3 is 2.88 bits per heavy atom. The van der Waals surface area contributed by atoms with E-state index in [4.69, 9.17) is 9.47 Å². The van der Waals surface area contributed by atoms with Gasteiger partial charge in [-0.15, -0.1) is 0 Å². The zero-order valence-corrected chi connectivity index (χ0v) is 11.9. The molecule has 0 radical (unpaired) electrons. The molecule has 1 spiro atoms. The highest BCUT2D eigenvalue weighted by atomic mass is 127. The maximum Gasteiger partial charge on any atom is 0.123 e. The largest absolute Gasteiger partial charge is 0.381 e. The van der Waals surface area contributed by atoms with Gasteiger partial charge in [0.2, 0.25) is 0 Å². The highest BCUT2D eigenvalue weighted by Crippen LogP contribution is 2.38. The SMILES string of the molecule is Ic1ccn(C2CCOC3(CCOCC3)C2)n1. The van der Waals surface area contributed by atoms with Gasteiger partial charge in [0.05, 0.1) is 11.6 Å². The summed E-state index contributed by atoms with van der Waals surface area (Å²) in [7, 11) is 0. The van der Waals surface area contributed by atoms with Crippen LogP contribution in [0.1, 0.15) is 31.7 Å². The summed E-state index contributed by atoms with van der Waals surface area (Å²) in [5.41, 5.74) is 0.0541. The number of nitrogens with zero attached hydrogens (tertiary/aromatic N) is 2. The van der Waals surface area contributed by atoms with E-state index in [1.807, 2.05) is 0 Å². The highest BCUT2D eigenvalue weighted by molar-refractivity contribution is 14.1. The van der Waals surface area contributed by atoms with Crippen LogP contribution in [-0.4, -0.2) is 35.2 Å². The summed E-state index contributed by atoms with van der Waals surface area (Å²) < 4.78 is 14.7. The number of rotatable bonds is 1. The van der Waals surface area contributed by atoms with Crippen molar-refractivity contribution in [3.63, 3.8) is 0 Å². The molecule has 1 aromatic rings. The van der Waals surface area contributed by atoms with Gasteiger partial charge in [0, 0.05) is 26.0 Å². The predicted octanol–water partition coefficient (Wildman–Crippen LogP) is 2.39. The van der Waals surface area contributed by atoms with Gasteiger partial charge >= 0.3 is 0 Å². The second-order valence-corrected chi connectivity index (χ2v) is 6.01. The minimum Gasteiger partial charge on any atom is -0.381 e. The molecule has 2 aliphatic rings. The van der Waals surface area contributed by atoms with Crippen LogP contribution >= 0.6 is 22.6 Å². The molecule has 2 aliphatic heterocycles. The Bertz CT molecular complexity index is 382. The Hall–Kier alpha value is -0.140. The molecule has 2 fully saturated rings. The average Bonchev–Trinajstić information content (AvgIpc) is 2.77. The molecule has 2 saturated heterocycles. The van der Waals surface area contributed by atoms with E-state index in [0.717, 1.165) is 49.2 Å². The first-order valence-corrected chi connectivity index (χ1v) is 7.28. The van der Waals surface area contributed by atoms with Crippen LogP contribution in [0.3, 0.4) is 0 Å².